The van der Waals surface area contributed by atoms with Crippen molar-refractivity contribution in [2.24, 2.45) is 0 Å². The largest absolute Gasteiger partial charge is 0.256 e. The lowest BCUT2D eigenvalue weighted by atomic mass is 10.0. The van der Waals surface area contributed by atoms with Gasteiger partial charge in [-0.3, -0.25) is 15.0 Å². The van der Waals surface area contributed by atoms with Crippen molar-refractivity contribution in [2.75, 3.05) is 0 Å². The Kier molecular flexibility index (Phi) is 9.29. The molecule has 0 saturated carbocycles. The van der Waals surface area contributed by atoms with E-state index in [-0.39, 0.29) is 0 Å². The van der Waals surface area contributed by atoms with Crippen molar-refractivity contribution in [3.63, 3.8) is 0 Å². The fraction of sp³-hybridized carbons (Fsp3) is 0. The predicted molar refractivity (Wildman–Crippen MR) is 202 cm³/mol. The molecule has 0 bridgehead atoms. The normalized spacial score (nSPS) is 11.5. The molecule has 0 N–H and O–H groups in total. The Morgan fingerprint density at radius 1 is 0.271 bits per heavy atom. The van der Waals surface area contributed by atoms with Gasteiger partial charge < -0.3 is 0 Å². The van der Waals surface area contributed by atoms with E-state index in [1.54, 1.807) is 0 Å². The van der Waals surface area contributed by atoms with Crippen LogP contribution >= 0.6 is 0 Å². The van der Waals surface area contributed by atoms with Crippen LogP contribution in [-0.2, 0) is 0 Å². The van der Waals surface area contributed by atoms with Gasteiger partial charge in [-0.05, 0) is 69.8 Å². The Bertz CT molecular complexity index is 1900. The minimum atomic E-state index is 0.963. The van der Waals surface area contributed by atoms with E-state index in [0.717, 1.165) is 67.2 Å². The number of hydrogen-bond acceptors (Lipinski definition) is 3. The molecule has 0 aliphatic carbocycles. The molecule has 0 unspecified atom stereocenters. The van der Waals surface area contributed by atoms with Crippen LogP contribution < -0.4 is 0 Å². The van der Waals surface area contributed by atoms with Crippen molar-refractivity contribution in [3.8, 4) is 33.8 Å². The quantitative estimate of drug-likeness (QED) is 0.162. The summed E-state index contributed by atoms with van der Waals surface area (Å²) in [6.45, 7) is 0. The molecule has 0 aliphatic heterocycles. The van der Waals surface area contributed by atoms with Crippen LogP contribution in [0.5, 0.6) is 0 Å². The smallest absolute Gasteiger partial charge is 0.0702 e. The fourth-order valence-electron chi connectivity index (χ4n) is 5.42. The van der Waals surface area contributed by atoms with Crippen LogP contribution in [0.4, 0.5) is 0 Å². The third kappa shape index (κ3) is 7.85. The number of nitrogens with zero attached hydrogens (tertiary/aromatic N) is 3. The SMILES string of the molecule is C(=C\c1cc(/C=C/c2ccc(-c3ccccc3)nc2)cc(/C=C/c2ccc(-c3ccccc3)nc2)c1)/c1ccc(-c2ccccc2)nc1. The summed E-state index contributed by atoms with van der Waals surface area (Å²) in [4.78, 5) is 14.1. The molecule has 0 radical (unpaired) electrons. The molecule has 0 saturated heterocycles. The Morgan fingerprint density at radius 3 is 0.792 bits per heavy atom. The Balaban J connectivity index is 1.14. The van der Waals surface area contributed by atoms with Crippen LogP contribution in [0.2, 0.25) is 0 Å². The lowest BCUT2D eigenvalue weighted by Crippen LogP contribution is -1.85. The van der Waals surface area contributed by atoms with Crippen LogP contribution in [-0.4, -0.2) is 15.0 Å². The standard InChI is InChI=1S/C45H33N3/c1-4-10-40(11-5-1)43-25-22-34(31-46-43)16-19-37-28-38(20-17-35-23-26-44(47-32-35)41-12-6-2-7-13-41)30-39(29-37)21-18-36-24-27-45(48-33-36)42-14-8-3-9-15-42/h1-33H/b19-16+,20-17+,21-18+. The molecule has 7 rings (SSSR count). The van der Waals surface area contributed by atoms with Crippen LogP contribution in [0.1, 0.15) is 33.4 Å². The monoisotopic (exact) mass is 615 g/mol. The highest BCUT2D eigenvalue weighted by Crippen LogP contribution is 2.22. The van der Waals surface area contributed by atoms with Crippen LogP contribution in [0.15, 0.2) is 164 Å². The summed E-state index contributed by atoms with van der Waals surface area (Å²) in [5.74, 6) is 0. The highest BCUT2D eigenvalue weighted by Gasteiger charge is 2.02. The molecular formula is C45H33N3. The zero-order chi connectivity index (χ0) is 32.4. The van der Waals surface area contributed by atoms with Gasteiger partial charge in [-0.2, -0.15) is 0 Å². The van der Waals surface area contributed by atoms with Gasteiger partial charge in [0.1, 0.15) is 0 Å². The summed E-state index contributed by atoms with van der Waals surface area (Å²) in [6.07, 6.45) is 18.5. The topological polar surface area (TPSA) is 38.7 Å². The molecule has 7 aromatic rings. The molecule has 0 aliphatic rings. The first-order valence-corrected chi connectivity index (χ1v) is 16.0. The van der Waals surface area contributed by atoms with E-state index in [1.807, 2.05) is 73.2 Å². The van der Waals surface area contributed by atoms with Gasteiger partial charge in [-0.25, -0.2) is 0 Å². The van der Waals surface area contributed by atoms with Gasteiger partial charge in [-0.15, -0.1) is 0 Å². The van der Waals surface area contributed by atoms with Crippen molar-refractivity contribution in [1.29, 1.82) is 0 Å². The maximum atomic E-state index is 4.69. The molecule has 3 heteroatoms. The average molecular weight is 616 g/mol. The minimum absolute atomic E-state index is 0.963. The molecule has 3 heterocycles. The zero-order valence-corrected chi connectivity index (χ0v) is 26.4. The second kappa shape index (κ2) is 14.8. The second-order valence-corrected chi connectivity index (χ2v) is 11.5. The van der Waals surface area contributed by atoms with Crippen molar-refractivity contribution in [2.45, 2.75) is 0 Å². The van der Waals surface area contributed by atoms with Crippen molar-refractivity contribution in [3.05, 3.63) is 198 Å². The van der Waals surface area contributed by atoms with E-state index < -0.39 is 0 Å². The summed E-state index contributed by atoms with van der Waals surface area (Å²) < 4.78 is 0. The number of benzene rings is 4. The highest BCUT2D eigenvalue weighted by atomic mass is 14.7. The van der Waals surface area contributed by atoms with Gasteiger partial charge in [0.05, 0.1) is 17.1 Å². The van der Waals surface area contributed by atoms with Crippen LogP contribution in [0, 0.1) is 0 Å². The molecule has 4 aromatic carbocycles. The molecule has 3 aromatic heterocycles. The summed E-state index contributed by atoms with van der Waals surface area (Å²) in [6, 6.07) is 49.8. The first-order chi connectivity index (χ1) is 23.7. The third-order valence-electron chi connectivity index (χ3n) is 7.97. The molecule has 3 nitrogen and oxygen atoms in total. The zero-order valence-electron chi connectivity index (χ0n) is 26.4. The van der Waals surface area contributed by atoms with E-state index in [9.17, 15) is 0 Å². The number of hydrogen-bond donors (Lipinski definition) is 0. The second-order valence-electron chi connectivity index (χ2n) is 11.5. The van der Waals surface area contributed by atoms with Gasteiger partial charge in [0.2, 0.25) is 0 Å². The van der Waals surface area contributed by atoms with E-state index >= 15 is 0 Å². The Morgan fingerprint density at radius 2 is 0.542 bits per heavy atom. The van der Waals surface area contributed by atoms with Gasteiger partial charge in [0.15, 0.2) is 0 Å². The first kappa shape index (κ1) is 30.2. The number of aromatic nitrogens is 3. The summed E-state index contributed by atoms with van der Waals surface area (Å²) in [5.41, 5.74) is 12.6. The summed E-state index contributed by atoms with van der Waals surface area (Å²) in [5, 5.41) is 0. The summed E-state index contributed by atoms with van der Waals surface area (Å²) in [7, 11) is 0. The average Bonchev–Trinajstić information content (AvgIpc) is 3.17. The first-order valence-electron chi connectivity index (χ1n) is 16.0. The molecular weight excluding hydrogens is 583 g/mol. The third-order valence-corrected chi connectivity index (χ3v) is 7.97. The van der Waals surface area contributed by atoms with Crippen molar-refractivity contribution >= 4 is 36.5 Å². The number of rotatable bonds is 9. The molecule has 0 amide bonds. The molecule has 0 fully saturated rings. The van der Waals surface area contributed by atoms with Gasteiger partial charge in [-0.1, -0.05) is 146 Å². The molecule has 0 atom stereocenters. The maximum absolute atomic E-state index is 4.69. The lowest BCUT2D eigenvalue weighted by molar-refractivity contribution is 1.31. The fourth-order valence-corrected chi connectivity index (χ4v) is 5.42. The van der Waals surface area contributed by atoms with Gasteiger partial charge in [0.25, 0.3) is 0 Å². The predicted octanol–water partition coefficient (Wildman–Crippen LogP) is 11.4. The maximum Gasteiger partial charge on any atom is 0.0702 e. The number of pyridine rings is 3. The van der Waals surface area contributed by atoms with E-state index in [1.165, 1.54) is 0 Å². The Hall–Kier alpha value is -6.45. The van der Waals surface area contributed by atoms with E-state index in [2.05, 4.69) is 142 Å². The van der Waals surface area contributed by atoms with Crippen molar-refractivity contribution in [1.82, 2.24) is 15.0 Å². The van der Waals surface area contributed by atoms with Crippen LogP contribution in [0.3, 0.4) is 0 Å². The van der Waals surface area contributed by atoms with E-state index in [0.29, 0.717) is 0 Å². The Labute approximate surface area is 282 Å². The van der Waals surface area contributed by atoms with Gasteiger partial charge in [0, 0.05) is 35.3 Å². The lowest BCUT2D eigenvalue weighted by Gasteiger charge is -2.04. The highest BCUT2D eigenvalue weighted by molar-refractivity contribution is 5.79. The van der Waals surface area contributed by atoms with E-state index in [4.69, 9.17) is 0 Å². The molecule has 228 valence electrons. The van der Waals surface area contributed by atoms with Crippen molar-refractivity contribution < 1.29 is 0 Å². The molecule has 0 spiro atoms. The van der Waals surface area contributed by atoms with Gasteiger partial charge >= 0.3 is 0 Å². The minimum Gasteiger partial charge on any atom is -0.256 e. The summed E-state index contributed by atoms with van der Waals surface area (Å²) >= 11 is 0. The van der Waals surface area contributed by atoms with Crippen LogP contribution in [0.25, 0.3) is 70.2 Å². The molecule has 48 heavy (non-hydrogen) atoms.